The Balaban J connectivity index is 1.40. The number of nitrogens with one attached hydrogen (secondary N) is 2. The van der Waals surface area contributed by atoms with Crippen LogP contribution in [0.5, 0.6) is 0 Å². The highest BCUT2D eigenvalue weighted by atomic mass is 16.6. The molecule has 8 atom stereocenters. The second kappa shape index (κ2) is 8.98. The third-order valence-electron chi connectivity index (χ3n) is 9.97. The summed E-state index contributed by atoms with van der Waals surface area (Å²) in [5, 5.41) is 36.1. The minimum absolute atomic E-state index is 0.0716. The third-order valence-corrected chi connectivity index (χ3v) is 9.97. The predicted octanol–water partition coefficient (Wildman–Crippen LogP) is 3.16. The zero-order chi connectivity index (χ0) is 23.0. The van der Waals surface area contributed by atoms with Gasteiger partial charge in [0.15, 0.2) is 5.96 Å². The lowest BCUT2D eigenvalue weighted by Crippen LogP contribution is -2.62. The van der Waals surface area contributed by atoms with E-state index >= 15 is 0 Å². The molecule has 0 aliphatic heterocycles. The van der Waals surface area contributed by atoms with Crippen molar-refractivity contribution in [2.45, 2.75) is 83.3 Å². The van der Waals surface area contributed by atoms with E-state index in [1.165, 1.54) is 6.42 Å². The van der Waals surface area contributed by atoms with Gasteiger partial charge in [0.2, 0.25) is 0 Å². The summed E-state index contributed by atoms with van der Waals surface area (Å²) in [7, 11) is 0. The van der Waals surface area contributed by atoms with E-state index < -0.39 is 5.60 Å². The van der Waals surface area contributed by atoms with Crippen molar-refractivity contribution in [3.8, 4) is 0 Å². The van der Waals surface area contributed by atoms with Gasteiger partial charge in [-0.05, 0) is 93.0 Å². The highest BCUT2D eigenvalue weighted by Crippen LogP contribution is 2.69. The van der Waals surface area contributed by atoms with E-state index in [1.807, 2.05) is 6.08 Å². The second-order valence-corrected chi connectivity index (χ2v) is 11.3. The number of allylic oxidation sites excluding steroid dienone is 2. The molecule has 0 saturated heterocycles. The molecule has 0 radical (unpaired) electrons. The van der Waals surface area contributed by atoms with Crippen molar-refractivity contribution in [3.63, 3.8) is 0 Å². The van der Waals surface area contributed by atoms with E-state index in [1.54, 1.807) is 6.21 Å². The second-order valence-electron chi connectivity index (χ2n) is 11.3. The average Bonchev–Trinajstić information content (AvgIpc) is 3.01. The van der Waals surface area contributed by atoms with Gasteiger partial charge in [0.1, 0.15) is 6.61 Å². The van der Waals surface area contributed by atoms with Crippen LogP contribution in [-0.2, 0) is 4.84 Å². The maximum absolute atomic E-state index is 12.2. The van der Waals surface area contributed by atoms with E-state index in [-0.39, 0.29) is 22.9 Å². The SMILES string of the molecule is C[C@]12CCC(O)CC1CC[C@@H]1[C@H]2CC[C@]2(C)C(C=C/C=N/OCCNC(=N)N)CC[C@@]12O. The molecule has 7 heteroatoms. The highest BCUT2D eigenvalue weighted by Gasteiger charge is 2.66. The highest BCUT2D eigenvalue weighted by molar-refractivity contribution is 5.74. The molecule has 0 heterocycles. The summed E-state index contributed by atoms with van der Waals surface area (Å²) < 4.78 is 0. The first-order valence-corrected chi connectivity index (χ1v) is 12.5. The van der Waals surface area contributed by atoms with E-state index in [2.05, 4.69) is 30.4 Å². The van der Waals surface area contributed by atoms with Gasteiger partial charge < -0.3 is 26.1 Å². The quantitative estimate of drug-likeness (QED) is 0.186. The monoisotopic (exact) mass is 446 g/mol. The Bertz CT molecular complexity index is 757. The number of aliphatic hydroxyl groups is 2. The van der Waals surface area contributed by atoms with Gasteiger partial charge in [0.25, 0.3) is 0 Å². The molecule has 7 nitrogen and oxygen atoms in total. The van der Waals surface area contributed by atoms with E-state index in [4.69, 9.17) is 16.0 Å². The summed E-state index contributed by atoms with van der Waals surface area (Å²) in [4.78, 5) is 5.18. The lowest BCUT2D eigenvalue weighted by Gasteiger charge is -2.63. The Morgan fingerprint density at radius 3 is 2.75 bits per heavy atom. The molecule has 6 N–H and O–H groups in total. The Kier molecular flexibility index (Phi) is 6.61. The van der Waals surface area contributed by atoms with E-state index in [0.29, 0.717) is 36.8 Å². The number of oxime groups is 1. The van der Waals surface area contributed by atoms with Crippen LogP contribution in [0.25, 0.3) is 0 Å². The molecular formula is C25H42N4O3. The van der Waals surface area contributed by atoms with Crippen LogP contribution in [0.1, 0.15) is 71.6 Å². The van der Waals surface area contributed by atoms with Gasteiger partial charge in [0, 0.05) is 5.41 Å². The molecule has 4 saturated carbocycles. The summed E-state index contributed by atoms with van der Waals surface area (Å²) in [5.74, 6) is 1.84. The number of aliphatic hydroxyl groups excluding tert-OH is 1. The molecule has 4 rings (SSSR count). The number of hydrogen-bond acceptors (Lipinski definition) is 5. The number of nitrogens with zero attached hydrogens (tertiary/aromatic N) is 1. The molecule has 0 aromatic carbocycles. The fraction of sp³-hybridized carbons (Fsp3) is 0.840. The normalized spacial score (nSPS) is 45.9. The first kappa shape index (κ1) is 23.6. The molecule has 0 bridgehead atoms. The average molecular weight is 447 g/mol. The third kappa shape index (κ3) is 3.96. The molecule has 4 fully saturated rings. The molecule has 3 unspecified atom stereocenters. The molecule has 32 heavy (non-hydrogen) atoms. The fourth-order valence-corrected chi connectivity index (χ4v) is 8.10. The van der Waals surface area contributed by atoms with Crippen LogP contribution in [-0.4, -0.2) is 47.2 Å². The maximum Gasteiger partial charge on any atom is 0.185 e. The van der Waals surface area contributed by atoms with Gasteiger partial charge in [-0.3, -0.25) is 5.41 Å². The zero-order valence-corrected chi connectivity index (χ0v) is 19.7. The van der Waals surface area contributed by atoms with Crippen molar-refractivity contribution in [1.82, 2.24) is 5.32 Å². The molecule has 0 spiro atoms. The number of rotatable bonds is 6. The molecule has 0 amide bonds. The minimum atomic E-state index is -0.596. The molecule has 4 aliphatic carbocycles. The van der Waals surface area contributed by atoms with E-state index in [9.17, 15) is 10.2 Å². The van der Waals surface area contributed by atoms with Crippen molar-refractivity contribution in [1.29, 1.82) is 5.41 Å². The number of hydrogen-bond donors (Lipinski definition) is 5. The first-order chi connectivity index (χ1) is 15.2. The smallest absolute Gasteiger partial charge is 0.185 e. The molecule has 4 aliphatic rings. The summed E-state index contributed by atoms with van der Waals surface area (Å²) in [6.07, 6.45) is 15.1. The Morgan fingerprint density at radius 1 is 1.16 bits per heavy atom. The largest absolute Gasteiger partial charge is 0.394 e. The van der Waals surface area contributed by atoms with Crippen molar-refractivity contribution in [3.05, 3.63) is 12.2 Å². The van der Waals surface area contributed by atoms with Crippen molar-refractivity contribution in [2.24, 2.45) is 45.4 Å². The number of fused-ring (bicyclic) bond motifs is 5. The van der Waals surface area contributed by atoms with Gasteiger partial charge in [-0.25, -0.2) is 0 Å². The van der Waals surface area contributed by atoms with Crippen molar-refractivity contribution < 1.29 is 15.1 Å². The lowest BCUT2D eigenvalue weighted by atomic mass is 9.43. The van der Waals surface area contributed by atoms with Crippen LogP contribution in [0.4, 0.5) is 0 Å². The topological polar surface area (TPSA) is 124 Å². The van der Waals surface area contributed by atoms with Crippen LogP contribution < -0.4 is 11.1 Å². The molecule has 0 aromatic rings. The van der Waals surface area contributed by atoms with Crippen LogP contribution in [0.15, 0.2) is 17.3 Å². The van der Waals surface area contributed by atoms with Crippen LogP contribution >= 0.6 is 0 Å². The van der Waals surface area contributed by atoms with Gasteiger partial charge in [0.05, 0.1) is 24.5 Å². The van der Waals surface area contributed by atoms with Gasteiger partial charge in [-0.2, -0.15) is 0 Å². The Labute approximate surface area is 192 Å². The molecule has 180 valence electrons. The maximum atomic E-state index is 12.2. The summed E-state index contributed by atoms with van der Waals surface area (Å²) in [6.45, 7) is 5.57. The van der Waals surface area contributed by atoms with Gasteiger partial charge >= 0.3 is 0 Å². The van der Waals surface area contributed by atoms with Crippen LogP contribution in [0, 0.1) is 39.9 Å². The summed E-state index contributed by atoms with van der Waals surface area (Å²) in [6, 6.07) is 0. The van der Waals surface area contributed by atoms with Gasteiger partial charge in [-0.15, -0.1) is 0 Å². The van der Waals surface area contributed by atoms with Crippen LogP contribution in [0.3, 0.4) is 0 Å². The van der Waals surface area contributed by atoms with E-state index in [0.717, 1.165) is 51.4 Å². The molecular weight excluding hydrogens is 404 g/mol. The first-order valence-electron chi connectivity index (χ1n) is 12.5. The number of nitrogens with two attached hydrogens (primary N) is 1. The predicted molar refractivity (Wildman–Crippen MR) is 126 cm³/mol. The summed E-state index contributed by atoms with van der Waals surface area (Å²) >= 11 is 0. The Morgan fingerprint density at radius 2 is 1.97 bits per heavy atom. The molecule has 0 aromatic heterocycles. The zero-order valence-electron chi connectivity index (χ0n) is 19.7. The summed E-state index contributed by atoms with van der Waals surface area (Å²) in [5.41, 5.74) is 4.80. The van der Waals surface area contributed by atoms with Crippen molar-refractivity contribution >= 4 is 12.2 Å². The fourth-order valence-electron chi connectivity index (χ4n) is 8.10. The van der Waals surface area contributed by atoms with Gasteiger partial charge in [-0.1, -0.05) is 25.1 Å². The Hall–Kier alpha value is -1.60. The minimum Gasteiger partial charge on any atom is -0.394 e. The van der Waals surface area contributed by atoms with Crippen LogP contribution in [0.2, 0.25) is 0 Å². The lowest BCUT2D eigenvalue weighted by molar-refractivity contribution is -0.207. The number of guanidine groups is 1. The van der Waals surface area contributed by atoms with Crippen molar-refractivity contribution in [2.75, 3.05) is 13.2 Å². The standard InChI is InChI=1S/C25H42N4O3/c1-23-10-8-19(30)16-18(23)5-6-21-20(23)9-11-24(2)17(7-12-25(21,24)31)4-3-13-29-32-15-14-28-22(26)27/h3-4,13,17-21,30-31H,5-12,14-16H2,1-2H3,(H4,26,27,28)/b4-3?,29-13+/t17?,18?,19?,20-,21-,23+,24-,25-/m1/s1.